The number of halogens is 3. The molecular weight excluding hydrogens is 423 g/mol. The standard InChI is InChI=1S/C11H9BrCl2N2O5S/c12-7-1-2-8(11(10(7)13)16(18)19)15-4-6(3-9(15)17)5-22(14,20)21/h1-2,6H,3-5H2. The summed E-state index contributed by atoms with van der Waals surface area (Å²) in [6.07, 6.45) is -0.0449. The second-order valence-corrected chi connectivity index (χ2v) is 8.82. The van der Waals surface area contributed by atoms with Crippen molar-refractivity contribution >= 4 is 64.5 Å². The number of nitrogens with zero attached hydrogens (tertiary/aromatic N) is 2. The number of hydrogen-bond acceptors (Lipinski definition) is 5. The number of anilines is 1. The summed E-state index contributed by atoms with van der Waals surface area (Å²) in [5.41, 5.74) is -0.364. The second-order valence-electron chi connectivity index (χ2n) is 4.77. The Hall–Kier alpha value is -0.900. The van der Waals surface area contributed by atoms with Crippen LogP contribution in [-0.4, -0.2) is 31.5 Å². The molecule has 1 fully saturated rings. The molecule has 1 unspecified atom stereocenters. The quantitative estimate of drug-likeness (QED) is 0.414. The van der Waals surface area contributed by atoms with Crippen LogP contribution in [0.4, 0.5) is 11.4 Å². The van der Waals surface area contributed by atoms with Crippen molar-refractivity contribution < 1.29 is 18.1 Å². The number of amides is 1. The first kappa shape index (κ1) is 17.5. The molecule has 1 aliphatic heterocycles. The molecule has 22 heavy (non-hydrogen) atoms. The predicted octanol–water partition coefficient (Wildman–Crippen LogP) is 2.93. The van der Waals surface area contributed by atoms with Gasteiger partial charge in [0.25, 0.3) is 0 Å². The minimum absolute atomic E-state index is 0.0313. The van der Waals surface area contributed by atoms with Crippen molar-refractivity contribution in [1.29, 1.82) is 0 Å². The molecule has 0 spiro atoms. The summed E-state index contributed by atoms with van der Waals surface area (Å²) in [7, 11) is 1.44. The SMILES string of the molecule is O=C1CC(CS(=O)(=O)Cl)CN1c1ccc(Br)c(Cl)c1[N+](=O)[O-]. The van der Waals surface area contributed by atoms with Gasteiger partial charge in [0.1, 0.15) is 10.7 Å². The van der Waals surface area contributed by atoms with Gasteiger partial charge in [-0.25, -0.2) is 8.42 Å². The Morgan fingerprint density at radius 3 is 2.64 bits per heavy atom. The lowest BCUT2D eigenvalue weighted by Gasteiger charge is -2.17. The molecule has 1 saturated heterocycles. The maximum absolute atomic E-state index is 12.1. The molecule has 1 heterocycles. The van der Waals surface area contributed by atoms with Crippen LogP contribution in [0.1, 0.15) is 6.42 Å². The van der Waals surface area contributed by atoms with E-state index >= 15 is 0 Å². The van der Waals surface area contributed by atoms with E-state index in [0.717, 1.165) is 0 Å². The Labute approximate surface area is 143 Å². The van der Waals surface area contributed by atoms with Gasteiger partial charge in [-0.05, 0) is 28.1 Å². The van der Waals surface area contributed by atoms with Gasteiger partial charge in [0.15, 0.2) is 0 Å². The van der Waals surface area contributed by atoms with Gasteiger partial charge in [-0.15, -0.1) is 0 Å². The summed E-state index contributed by atoms with van der Waals surface area (Å²) < 4.78 is 22.6. The fourth-order valence-electron chi connectivity index (χ4n) is 2.33. The van der Waals surface area contributed by atoms with Gasteiger partial charge in [-0.2, -0.15) is 0 Å². The van der Waals surface area contributed by atoms with Crippen molar-refractivity contribution in [1.82, 2.24) is 0 Å². The Kier molecular flexibility index (Phi) is 5.00. The lowest BCUT2D eigenvalue weighted by molar-refractivity contribution is -0.384. The predicted molar refractivity (Wildman–Crippen MR) is 85.9 cm³/mol. The zero-order chi connectivity index (χ0) is 16.7. The van der Waals surface area contributed by atoms with Crippen LogP contribution < -0.4 is 4.90 Å². The van der Waals surface area contributed by atoms with E-state index in [-0.39, 0.29) is 29.4 Å². The molecule has 2 rings (SSSR count). The van der Waals surface area contributed by atoms with E-state index in [1.54, 1.807) is 0 Å². The van der Waals surface area contributed by atoms with Crippen molar-refractivity contribution in [3.8, 4) is 0 Å². The van der Waals surface area contributed by atoms with Crippen molar-refractivity contribution in [3.63, 3.8) is 0 Å². The number of benzene rings is 1. The lowest BCUT2D eigenvalue weighted by Crippen LogP contribution is -2.26. The van der Waals surface area contributed by atoms with E-state index in [1.165, 1.54) is 17.0 Å². The molecule has 0 N–H and O–H groups in total. The van der Waals surface area contributed by atoms with E-state index in [2.05, 4.69) is 15.9 Å². The second kappa shape index (κ2) is 6.31. The van der Waals surface area contributed by atoms with Crippen LogP contribution in [0.2, 0.25) is 5.02 Å². The van der Waals surface area contributed by atoms with Crippen LogP contribution in [0.5, 0.6) is 0 Å². The fourth-order valence-corrected chi connectivity index (χ4v) is 4.20. The van der Waals surface area contributed by atoms with Crippen molar-refractivity contribution in [2.45, 2.75) is 6.42 Å². The highest BCUT2D eigenvalue weighted by Crippen LogP contribution is 2.41. The minimum Gasteiger partial charge on any atom is -0.306 e. The van der Waals surface area contributed by atoms with E-state index in [0.29, 0.717) is 4.47 Å². The van der Waals surface area contributed by atoms with Crippen LogP contribution in [0.3, 0.4) is 0 Å². The van der Waals surface area contributed by atoms with Crippen molar-refractivity contribution in [3.05, 3.63) is 31.7 Å². The van der Waals surface area contributed by atoms with E-state index in [4.69, 9.17) is 22.3 Å². The van der Waals surface area contributed by atoms with Gasteiger partial charge >= 0.3 is 5.69 Å². The number of nitro benzene ring substituents is 1. The average Bonchev–Trinajstić information content (AvgIpc) is 2.70. The van der Waals surface area contributed by atoms with Gasteiger partial charge in [0, 0.05) is 34.0 Å². The first-order chi connectivity index (χ1) is 10.1. The highest BCUT2D eigenvalue weighted by molar-refractivity contribution is 9.10. The molecule has 11 heteroatoms. The fraction of sp³-hybridized carbons (Fsp3) is 0.364. The van der Waals surface area contributed by atoms with Crippen LogP contribution in [0, 0.1) is 16.0 Å². The van der Waals surface area contributed by atoms with Crippen molar-refractivity contribution in [2.75, 3.05) is 17.2 Å². The molecule has 1 amide bonds. The largest absolute Gasteiger partial charge is 0.312 e. The van der Waals surface area contributed by atoms with Crippen LogP contribution in [-0.2, 0) is 13.8 Å². The normalized spacial score (nSPS) is 18.8. The monoisotopic (exact) mass is 430 g/mol. The van der Waals surface area contributed by atoms with Gasteiger partial charge < -0.3 is 4.90 Å². The first-order valence-electron chi connectivity index (χ1n) is 5.95. The molecule has 1 aromatic carbocycles. The van der Waals surface area contributed by atoms with Gasteiger partial charge in [0.05, 0.1) is 10.7 Å². The van der Waals surface area contributed by atoms with E-state index in [1.807, 2.05) is 0 Å². The third kappa shape index (κ3) is 3.70. The molecule has 1 aliphatic rings. The molecule has 0 aromatic heterocycles. The molecular formula is C11H9BrCl2N2O5S. The number of nitro groups is 1. The summed E-state index contributed by atoms with van der Waals surface area (Å²) in [4.78, 5) is 23.8. The van der Waals surface area contributed by atoms with E-state index in [9.17, 15) is 23.3 Å². The maximum atomic E-state index is 12.1. The molecule has 0 bridgehead atoms. The highest BCUT2D eigenvalue weighted by Gasteiger charge is 2.37. The first-order valence-corrected chi connectivity index (χ1v) is 9.60. The Bertz CT molecular complexity index is 755. The van der Waals surface area contributed by atoms with Gasteiger partial charge in [0.2, 0.25) is 15.0 Å². The lowest BCUT2D eigenvalue weighted by atomic mass is 10.1. The minimum atomic E-state index is -3.75. The Morgan fingerprint density at radius 2 is 2.09 bits per heavy atom. The molecule has 0 aliphatic carbocycles. The van der Waals surface area contributed by atoms with Crippen LogP contribution >= 0.6 is 38.2 Å². The summed E-state index contributed by atoms with van der Waals surface area (Å²) in [6, 6.07) is 2.88. The summed E-state index contributed by atoms with van der Waals surface area (Å²) in [5, 5.41) is 11.1. The van der Waals surface area contributed by atoms with Crippen LogP contribution in [0.25, 0.3) is 0 Å². The molecule has 0 saturated carbocycles. The average molecular weight is 432 g/mol. The zero-order valence-electron chi connectivity index (χ0n) is 10.8. The zero-order valence-corrected chi connectivity index (χ0v) is 14.7. The molecule has 120 valence electrons. The van der Waals surface area contributed by atoms with Gasteiger partial charge in [-0.3, -0.25) is 14.9 Å². The van der Waals surface area contributed by atoms with Crippen molar-refractivity contribution in [2.24, 2.45) is 5.92 Å². The van der Waals surface area contributed by atoms with Gasteiger partial charge in [-0.1, -0.05) is 11.6 Å². The summed E-state index contributed by atoms with van der Waals surface area (Å²) in [6.45, 7) is 0.0313. The third-order valence-electron chi connectivity index (χ3n) is 3.16. The summed E-state index contributed by atoms with van der Waals surface area (Å²) >= 11 is 9.01. The topological polar surface area (TPSA) is 97.6 Å². The summed E-state index contributed by atoms with van der Waals surface area (Å²) in [5.74, 6) is -1.29. The maximum Gasteiger partial charge on any atom is 0.312 e. The smallest absolute Gasteiger partial charge is 0.306 e. The number of carbonyl (C=O) groups excluding carboxylic acids is 1. The molecule has 0 radical (unpaired) electrons. The Balaban J connectivity index is 2.39. The van der Waals surface area contributed by atoms with E-state index < -0.39 is 31.5 Å². The Morgan fingerprint density at radius 1 is 1.45 bits per heavy atom. The highest BCUT2D eigenvalue weighted by atomic mass is 79.9. The molecule has 1 atom stereocenters. The number of rotatable bonds is 4. The molecule has 1 aromatic rings. The number of carbonyl (C=O) groups is 1. The molecule has 7 nitrogen and oxygen atoms in total. The number of hydrogen-bond donors (Lipinski definition) is 0. The van der Waals surface area contributed by atoms with Crippen LogP contribution in [0.15, 0.2) is 16.6 Å². The third-order valence-corrected chi connectivity index (χ3v) is 5.68.